The van der Waals surface area contributed by atoms with Crippen molar-refractivity contribution in [1.29, 1.82) is 0 Å². The first-order valence-electron chi connectivity index (χ1n) is 5.99. The average molecular weight is 277 g/mol. The molecule has 0 saturated carbocycles. The first-order chi connectivity index (χ1) is 9.20. The van der Waals surface area contributed by atoms with Gasteiger partial charge in [-0.15, -0.1) is 5.10 Å². The van der Waals surface area contributed by atoms with Gasteiger partial charge in [-0.3, -0.25) is 4.79 Å². The second-order valence-corrected chi connectivity index (χ2v) is 4.66. The van der Waals surface area contributed by atoms with Gasteiger partial charge in [0.25, 0.3) is 0 Å². The third-order valence-electron chi connectivity index (χ3n) is 2.65. The van der Waals surface area contributed by atoms with Gasteiger partial charge in [0.15, 0.2) is 0 Å². The number of hydrogen-bond donors (Lipinski definition) is 1. The summed E-state index contributed by atoms with van der Waals surface area (Å²) in [5.74, 6) is -0.365. The number of carbonyl (C=O) groups is 1. The molecule has 2 rings (SSSR count). The summed E-state index contributed by atoms with van der Waals surface area (Å²) in [4.78, 5) is 11.4. The third-order valence-corrected chi connectivity index (χ3v) is 3.16. The Morgan fingerprint density at radius 3 is 2.74 bits per heavy atom. The minimum atomic E-state index is -0.619. The van der Waals surface area contributed by atoms with Crippen molar-refractivity contribution in [3.05, 3.63) is 35.2 Å². The number of benzene rings is 1. The molecule has 100 valence electrons. The van der Waals surface area contributed by atoms with Gasteiger partial charge in [0.05, 0.1) is 6.61 Å². The first-order valence-corrected chi connectivity index (χ1v) is 6.83. The molecule has 0 aliphatic carbocycles. The summed E-state index contributed by atoms with van der Waals surface area (Å²) >= 11 is 1.32. The molecule has 0 aliphatic heterocycles. The van der Waals surface area contributed by atoms with Gasteiger partial charge in [0, 0.05) is 10.9 Å². The number of aromatic nitrogens is 2. The van der Waals surface area contributed by atoms with Crippen LogP contribution >= 0.6 is 11.5 Å². The number of nitrogens with zero attached hydrogens (tertiary/aromatic N) is 2. The van der Waals surface area contributed by atoms with Gasteiger partial charge < -0.3 is 10.5 Å². The largest absolute Gasteiger partial charge is 0.465 e. The third kappa shape index (κ3) is 3.59. The van der Waals surface area contributed by atoms with Crippen LogP contribution in [0, 0.1) is 0 Å². The Kier molecular flexibility index (Phi) is 4.59. The number of carbonyl (C=O) groups excluding carboxylic acids is 1. The molecule has 1 heterocycles. The van der Waals surface area contributed by atoms with Crippen LogP contribution in [0.25, 0.3) is 11.3 Å². The summed E-state index contributed by atoms with van der Waals surface area (Å²) in [6, 6.07) is 7.15. The van der Waals surface area contributed by atoms with Gasteiger partial charge in [-0.2, -0.15) is 0 Å². The summed E-state index contributed by atoms with van der Waals surface area (Å²) in [7, 11) is 0. The van der Waals surface area contributed by atoms with E-state index in [1.54, 1.807) is 6.92 Å². The molecule has 6 heteroatoms. The molecule has 19 heavy (non-hydrogen) atoms. The summed E-state index contributed by atoms with van der Waals surface area (Å²) < 4.78 is 8.70. The Balaban J connectivity index is 2.01. The molecule has 0 aliphatic rings. The molecule has 1 aromatic heterocycles. The van der Waals surface area contributed by atoms with E-state index >= 15 is 0 Å². The Bertz CT molecular complexity index is 525. The monoisotopic (exact) mass is 277 g/mol. The van der Waals surface area contributed by atoms with E-state index in [4.69, 9.17) is 10.5 Å². The second-order valence-electron chi connectivity index (χ2n) is 4.05. The normalized spacial score (nSPS) is 12.1. The zero-order chi connectivity index (χ0) is 13.7. The van der Waals surface area contributed by atoms with Crippen LogP contribution in [0.3, 0.4) is 0 Å². The van der Waals surface area contributed by atoms with Crippen molar-refractivity contribution in [3.8, 4) is 11.3 Å². The molecule has 0 saturated heterocycles. The van der Waals surface area contributed by atoms with E-state index in [-0.39, 0.29) is 5.97 Å². The van der Waals surface area contributed by atoms with E-state index in [9.17, 15) is 4.79 Å². The lowest BCUT2D eigenvalue weighted by molar-refractivity contribution is -0.144. The fourth-order valence-corrected chi connectivity index (χ4v) is 2.15. The lowest BCUT2D eigenvalue weighted by Crippen LogP contribution is -2.34. The van der Waals surface area contributed by atoms with Crippen LogP contribution < -0.4 is 5.73 Å². The van der Waals surface area contributed by atoms with E-state index in [0.29, 0.717) is 13.0 Å². The number of nitrogens with two attached hydrogens (primary N) is 1. The summed E-state index contributed by atoms with van der Waals surface area (Å²) in [6.07, 6.45) is 0.467. The fourth-order valence-electron chi connectivity index (χ4n) is 1.69. The number of ether oxygens (including phenoxy) is 1. The molecule has 0 spiro atoms. The van der Waals surface area contributed by atoms with Crippen molar-refractivity contribution >= 4 is 17.5 Å². The van der Waals surface area contributed by atoms with E-state index in [1.165, 1.54) is 11.5 Å². The maximum atomic E-state index is 11.4. The SMILES string of the molecule is CCOC(=O)C(N)Cc1ccc(-c2csnn2)cc1. The second kappa shape index (κ2) is 6.40. The fraction of sp³-hybridized carbons (Fsp3) is 0.308. The van der Waals surface area contributed by atoms with Crippen LogP contribution in [-0.4, -0.2) is 28.2 Å². The Morgan fingerprint density at radius 2 is 2.16 bits per heavy atom. The van der Waals surface area contributed by atoms with Crippen LogP contribution in [0.1, 0.15) is 12.5 Å². The highest BCUT2D eigenvalue weighted by Crippen LogP contribution is 2.18. The summed E-state index contributed by atoms with van der Waals surface area (Å²) in [5.41, 5.74) is 8.62. The van der Waals surface area contributed by atoms with Crippen molar-refractivity contribution in [2.75, 3.05) is 6.61 Å². The van der Waals surface area contributed by atoms with Crippen molar-refractivity contribution in [1.82, 2.24) is 9.59 Å². The zero-order valence-corrected chi connectivity index (χ0v) is 11.4. The Labute approximate surface area is 115 Å². The van der Waals surface area contributed by atoms with Crippen LogP contribution in [-0.2, 0) is 16.0 Å². The Morgan fingerprint density at radius 1 is 1.42 bits per heavy atom. The van der Waals surface area contributed by atoms with E-state index in [1.807, 2.05) is 29.6 Å². The minimum Gasteiger partial charge on any atom is -0.465 e. The first kappa shape index (κ1) is 13.6. The van der Waals surface area contributed by atoms with E-state index in [0.717, 1.165) is 16.8 Å². The molecular formula is C13H15N3O2S. The van der Waals surface area contributed by atoms with E-state index < -0.39 is 6.04 Å². The van der Waals surface area contributed by atoms with Gasteiger partial charge in [-0.25, -0.2) is 0 Å². The molecule has 0 fully saturated rings. The summed E-state index contributed by atoms with van der Waals surface area (Å²) in [5, 5.41) is 5.89. The standard InChI is InChI=1S/C13H15N3O2S/c1-2-18-13(17)11(14)7-9-3-5-10(6-4-9)12-8-19-16-15-12/h3-6,8,11H,2,7,14H2,1H3. The van der Waals surface area contributed by atoms with Crippen LogP contribution in [0.5, 0.6) is 0 Å². The van der Waals surface area contributed by atoms with Crippen LogP contribution in [0.4, 0.5) is 0 Å². The van der Waals surface area contributed by atoms with Crippen LogP contribution in [0.15, 0.2) is 29.6 Å². The van der Waals surface area contributed by atoms with Gasteiger partial charge in [-0.1, -0.05) is 28.8 Å². The topological polar surface area (TPSA) is 78.1 Å². The number of hydrogen-bond acceptors (Lipinski definition) is 6. The highest BCUT2D eigenvalue weighted by atomic mass is 32.1. The highest BCUT2D eigenvalue weighted by Gasteiger charge is 2.15. The molecule has 2 aromatic rings. The van der Waals surface area contributed by atoms with Crippen molar-refractivity contribution < 1.29 is 9.53 Å². The quantitative estimate of drug-likeness (QED) is 0.841. The molecule has 0 radical (unpaired) electrons. The van der Waals surface area contributed by atoms with Gasteiger partial charge >= 0.3 is 5.97 Å². The lowest BCUT2D eigenvalue weighted by Gasteiger charge is -2.10. The van der Waals surface area contributed by atoms with Crippen molar-refractivity contribution in [3.63, 3.8) is 0 Å². The molecule has 5 nitrogen and oxygen atoms in total. The van der Waals surface area contributed by atoms with Gasteiger partial charge in [0.2, 0.25) is 0 Å². The highest BCUT2D eigenvalue weighted by molar-refractivity contribution is 7.03. The smallest absolute Gasteiger partial charge is 0.323 e. The average Bonchev–Trinajstić information content (AvgIpc) is 2.94. The van der Waals surface area contributed by atoms with Crippen molar-refractivity contribution in [2.45, 2.75) is 19.4 Å². The summed E-state index contributed by atoms with van der Waals surface area (Å²) in [6.45, 7) is 2.11. The number of rotatable bonds is 5. The maximum absolute atomic E-state index is 11.4. The predicted molar refractivity (Wildman–Crippen MR) is 73.7 cm³/mol. The van der Waals surface area contributed by atoms with E-state index in [2.05, 4.69) is 9.59 Å². The van der Waals surface area contributed by atoms with Gasteiger partial charge in [0.1, 0.15) is 11.7 Å². The molecule has 2 N–H and O–H groups in total. The maximum Gasteiger partial charge on any atom is 0.323 e. The minimum absolute atomic E-state index is 0.350. The zero-order valence-electron chi connectivity index (χ0n) is 10.6. The van der Waals surface area contributed by atoms with Crippen molar-refractivity contribution in [2.24, 2.45) is 5.73 Å². The van der Waals surface area contributed by atoms with Crippen LogP contribution in [0.2, 0.25) is 0 Å². The molecule has 1 atom stereocenters. The van der Waals surface area contributed by atoms with Gasteiger partial charge in [-0.05, 0) is 30.4 Å². The Hall–Kier alpha value is -1.79. The molecule has 1 aromatic carbocycles. The molecule has 1 unspecified atom stereocenters. The predicted octanol–water partition coefficient (Wildman–Crippen LogP) is 1.64. The molecular weight excluding hydrogens is 262 g/mol. The number of esters is 1. The molecule has 0 amide bonds. The molecule has 0 bridgehead atoms. The lowest BCUT2D eigenvalue weighted by atomic mass is 10.0.